The lowest BCUT2D eigenvalue weighted by atomic mass is 9.89. The van der Waals surface area contributed by atoms with Gasteiger partial charge in [0.05, 0.1) is 11.5 Å². The van der Waals surface area contributed by atoms with Crippen molar-refractivity contribution in [2.24, 2.45) is 5.41 Å². The smallest absolute Gasteiger partial charge is 0.0683 e. The quantitative estimate of drug-likeness (QED) is 0.182. The molecule has 0 amide bonds. The SMILES string of the molecule is CC(C)(C#N)CCCCCCN(O)CCCCCCCCCCCl. The maximum absolute atomic E-state index is 9.85. The van der Waals surface area contributed by atoms with Crippen molar-refractivity contribution in [3.8, 4) is 6.07 Å². The molecule has 0 aliphatic heterocycles. The van der Waals surface area contributed by atoms with Gasteiger partial charge in [-0.25, -0.2) is 0 Å². The number of alkyl halides is 1. The van der Waals surface area contributed by atoms with E-state index in [9.17, 15) is 5.21 Å². The first-order chi connectivity index (χ1) is 11.5. The summed E-state index contributed by atoms with van der Waals surface area (Å²) in [6.45, 7) is 5.58. The van der Waals surface area contributed by atoms with Crippen LogP contribution < -0.4 is 0 Å². The van der Waals surface area contributed by atoms with Crippen LogP contribution in [0.25, 0.3) is 0 Å². The summed E-state index contributed by atoms with van der Waals surface area (Å²) < 4.78 is 0. The largest absolute Gasteiger partial charge is 0.314 e. The molecule has 4 heteroatoms. The lowest BCUT2D eigenvalue weighted by Crippen LogP contribution is -2.21. The Morgan fingerprint density at radius 1 is 0.792 bits per heavy atom. The Hall–Kier alpha value is -0.300. The minimum absolute atomic E-state index is 0.187. The molecule has 0 aromatic rings. The van der Waals surface area contributed by atoms with Gasteiger partial charge in [-0.2, -0.15) is 10.3 Å². The standard InChI is InChI=1S/C20H39ClN2O/c1-20(2,19-22)15-11-7-10-14-18-23(24)17-13-9-6-4-3-5-8-12-16-21/h24H,3-18H2,1-2H3. The van der Waals surface area contributed by atoms with Gasteiger partial charge in [0, 0.05) is 19.0 Å². The maximum atomic E-state index is 9.85. The van der Waals surface area contributed by atoms with Crippen molar-refractivity contribution in [1.29, 1.82) is 5.26 Å². The Balaban J connectivity index is 3.27. The van der Waals surface area contributed by atoms with Gasteiger partial charge in [0.25, 0.3) is 0 Å². The normalized spacial score (nSPS) is 11.8. The highest BCUT2D eigenvalue weighted by Crippen LogP contribution is 2.22. The molecule has 0 saturated heterocycles. The molecule has 0 radical (unpaired) electrons. The summed E-state index contributed by atoms with van der Waals surface area (Å²) in [6.07, 6.45) is 15.4. The molecule has 3 nitrogen and oxygen atoms in total. The molecule has 0 aromatic heterocycles. The Morgan fingerprint density at radius 2 is 1.21 bits per heavy atom. The second kappa shape index (κ2) is 16.2. The molecule has 0 spiro atoms. The zero-order valence-electron chi connectivity index (χ0n) is 16.0. The highest BCUT2D eigenvalue weighted by molar-refractivity contribution is 6.17. The molecule has 0 aliphatic carbocycles. The summed E-state index contributed by atoms with van der Waals surface area (Å²) in [5.41, 5.74) is -0.187. The van der Waals surface area contributed by atoms with Gasteiger partial charge in [0.1, 0.15) is 0 Å². The van der Waals surface area contributed by atoms with E-state index >= 15 is 0 Å². The van der Waals surface area contributed by atoms with Crippen molar-refractivity contribution >= 4 is 11.6 Å². The number of unbranched alkanes of at least 4 members (excludes halogenated alkanes) is 10. The zero-order valence-corrected chi connectivity index (χ0v) is 16.8. The monoisotopic (exact) mass is 358 g/mol. The average molecular weight is 359 g/mol. The van der Waals surface area contributed by atoms with Gasteiger partial charge in [-0.15, -0.1) is 11.6 Å². The van der Waals surface area contributed by atoms with E-state index in [-0.39, 0.29) is 5.41 Å². The lowest BCUT2D eigenvalue weighted by Gasteiger charge is -2.16. The van der Waals surface area contributed by atoms with Crippen LogP contribution >= 0.6 is 11.6 Å². The first-order valence-electron chi connectivity index (χ1n) is 9.93. The number of hydroxylamine groups is 2. The van der Waals surface area contributed by atoms with E-state index in [1.807, 2.05) is 13.8 Å². The molecule has 0 unspecified atom stereocenters. The third-order valence-corrected chi connectivity index (χ3v) is 4.84. The van der Waals surface area contributed by atoms with Crippen LogP contribution in [-0.4, -0.2) is 29.2 Å². The second-order valence-electron chi connectivity index (χ2n) is 7.63. The van der Waals surface area contributed by atoms with E-state index in [1.54, 1.807) is 0 Å². The van der Waals surface area contributed by atoms with Crippen molar-refractivity contribution in [2.45, 2.75) is 97.3 Å². The number of nitriles is 1. The van der Waals surface area contributed by atoms with Crippen LogP contribution in [0.1, 0.15) is 97.3 Å². The fraction of sp³-hybridized carbons (Fsp3) is 0.950. The summed E-state index contributed by atoms with van der Waals surface area (Å²) in [5, 5.41) is 20.3. The van der Waals surface area contributed by atoms with Crippen LogP contribution in [-0.2, 0) is 0 Å². The van der Waals surface area contributed by atoms with Crippen molar-refractivity contribution in [3.63, 3.8) is 0 Å². The van der Waals surface area contributed by atoms with Crippen molar-refractivity contribution in [3.05, 3.63) is 0 Å². The van der Waals surface area contributed by atoms with Gasteiger partial charge in [0.2, 0.25) is 0 Å². The van der Waals surface area contributed by atoms with Crippen LogP contribution in [0.5, 0.6) is 0 Å². The van der Waals surface area contributed by atoms with Crippen LogP contribution in [0.15, 0.2) is 0 Å². The third-order valence-electron chi connectivity index (χ3n) is 4.57. The zero-order chi connectivity index (χ0) is 18.1. The predicted octanol–water partition coefficient (Wildman–Crippen LogP) is 6.54. The molecule has 0 heterocycles. The van der Waals surface area contributed by atoms with Gasteiger partial charge >= 0.3 is 0 Å². The molecule has 0 aliphatic rings. The van der Waals surface area contributed by atoms with Crippen LogP contribution in [0.3, 0.4) is 0 Å². The summed E-state index contributed by atoms with van der Waals surface area (Å²) >= 11 is 5.66. The van der Waals surface area contributed by atoms with Gasteiger partial charge in [-0.3, -0.25) is 0 Å². The first kappa shape index (κ1) is 23.7. The number of nitrogens with zero attached hydrogens (tertiary/aromatic N) is 2. The Labute approximate surface area is 155 Å². The second-order valence-corrected chi connectivity index (χ2v) is 8.01. The molecule has 0 bridgehead atoms. The van der Waals surface area contributed by atoms with Crippen molar-refractivity contribution in [1.82, 2.24) is 5.06 Å². The van der Waals surface area contributed by atoms with E-state index in [2.05, 4.69) is 6.07 Å². The number of rotatable bonds is 17. The van der Waals surface area contributed by atoms with Gasteiger partial charge < -0.3 is 5.21 Å². The molecular weight excluding hydrogens is 320 g/mol. The maximum Gasteiger partial charge on any atom is 0.0683 e. The van der Waals surface area contributed by atoms with Crippen molar-refractivity contribution in [2.75, 3.05) is 19.0 Å². The molecule has 0 saturated carbocycles. The molecule has 24 heavy (non-hydrogen) atoms. The fourth-order valence-corrected chi connectivity index (χ4v) is 3.02. The van der Waals surface area contributed by atoms with Crippen LogP contribution in [0.4, 0.5) is 0 Å². The van der Waals surface area contributed by atoms with Crippen LogP contribution in [0.2, 0.25) is 0 Å². The number of halogens is 1. The Kier molecular flexibility index (Phi) is 16.0. The number of hydrogen-bond acceptors (Lipinski definition) is 3. The molecule has 0 atom stereocenters. The predicted molar refractivity (Wildman–Crippen MR) is 103 cm³/mol. The Bertz CT molecular complexity index is 315. The average Bonchev–Trinajstić information content (AvgIpc) is 2.56. The van der Waals surface area contributed by atoms with E-state index in [0.717, 1.165) is 63.9 Å². The summed E-state index contributed by atoms with van der Waals surface area (Å²) in [7, 11) is 0. The first-order valence-corrected chi connectivity index (χ1v) is 10.5. The molecule has 142 valence electrons. The van der Waals surface area contributed by atoms with Gasteiger partial charge in [-0.1, -0.05) is 57.8 Å². The summed E-state index contributed by atoms with van der Waals surface area (Å²) in [5.74, 6) is 0.796. The highest BCUT2D eigenvalue weighted by atomic mass is 35.5. The highest BCUT2D eigenvalue weighted by Gasteiger charge is 2.15. The molecule has 0 rings (SSSR count). The van der Waals surface area contributed by atoms with Gasteiger partial charge in [-0.05, 0) is 39.5 Å². The Morgan fingerprint density at radius 3 is 1.67 bits per heavy atom. The van der Waals surface area contributed by atoms with Crippen LogP contribution in [0, 0.1) is 16.7 Å². The molecule has 0 fully saturated rings. The van der Waals surface area contributed by atoms with Crippen molar-refractivity contribution < 1.29 is 5.21 Å². The number of hydrogen-bond donors (Lipinski definition) is 1. The van der Waals surface area contributed by atoms with E-state index in [1.165, 1.54) is 43.6 Å². The van der Waals surface area contributed by atoms with Gasteiger partial charge in [0.15, 0.2) is 0 Å². The summed E-state index contributed by atoms with van der Waals surface area (Å²) in [4.78, 5) is 0. The lowest BCUT2D eigenvalue weighted by molar-refractivity contribution is -0.0925. The molecule has 1 N–H and O–H groups in total. The van der Waals surface area contributed by atoms with E-state index < -0.39 is 0 Å². The fourth-order valence-electron chi connectivity index (χ4n) is 2.83. The molecular formula is C20H39ClN2O. The van der Waals surface area contributed by atoms with E-state index in [0.29, 0.717) is 0 Å². The summed E-state index contributed by atoms with van der Waals surface area (Å²) in [6, 6.07) is 2.35. The topological polar surface area (TPSA) is 47.3 Å². The van der Waals surface area contributed by atoms with E-state index in [4.69, 9.17) is 16.9 Å². The minimum Gasteiger partial charge on any atom is -0.314 e. The minimum atomic E-state index is -0.187. The third kappa shape index (κ3) is 16.6. The molecule has 0 aromatic carbocycles.